The van der Waals surface area contributed by atoms with Gasteiger partial charge in [-0.15, -0.1) is 0 Å². The molecule has 1 fully saturated rings. The molecule has 1 atom stereocenters. The number of anilines is 1. The molecule has 0 radical (unpaired) electrons. The molecular weight excluding hydrogens is 334 g/mol. The van der Waals surface area contributed by atoms with Gasteiger partial charge < -0.3 is 15.2 Å². The summed E-state index contributed by atoms with van der Waals surface area (Å²) in [5.74, 6) is 0.895. The molecule has 3 aromatic heterocycles. The van der Waals surface area contributed by atoms with Crippen molar-refractivity contribution in [2.75, 3.05) is 24.5 Å². The lowest BCUT2D eigenvalue weighted by atomic mass is 10.1. The minimum absolute atomic E-state index is 0.145. The molecule has 0 saturated carbocycles. The maximum atomic E-state index is 12.2. The maximum absolute atomic E-state index is 12.2. The van der Waals surface area contributed by atoms with Gasteiger partial charge in [-0.3, -0.25) is 4.79 Å². The van der Waals surface area contributed by atoms with Crippen molar-refractivity contribution >= 4 is 17.2 Å². The Balaban J connectivity index is 1.39. The molecule has 0 spiro atoms. The molecule has 9 nitrogen and oxygen atoms in total. The van der Waals surface area contributed by atoms with Crippen molar-refractivity contribution in [1.29, 1.82) is 0 Å². The Bertz CT molecular complexity index is 1010. The molecule has 0 bridgehead atoms. The van der Waals surface area contributed by atoms with Gasteiger partial charge >= 0.3 is 5.69 Å². The van der Waals surface area contributed by atoms with Crippen molar-refractivity contribution in [3.05, 3.63) is 52.6 Å². The number of hydrogen-bond donors (Lipinski definition) is 2. The predicted octanol–water partition coefficient (Wildman–Crippen LogP) is 0.377. The average Bonchev–Trinajstić information content (AvgIpc) is 3.27. The molecule has 9 heteroatoms. The minimum atomic E-state index is -0.512. The van der Waals surface area contributed by atoms with Gasteiger partial charge in [-0.25, -0.2) is 14.3 Å². The third-order valence-corrected chi connectivity index (χ3v) is 4.56. The highest BCUT2D eigenvalue weighted by atomic mass is 16.2. The summed E-state index contributed by atoms with van der Waals surface area (Å²) in [5.41, 5.74) is 1.22. The molecule has 1 aliphatic rings. The Morgan fingerprint density at radius 1 is 1.46 bits per heavy atom. The van der Waals surface area contributed by atoms with E-state index in [1.165, 1.54) is 0 Å². The van der Waals surface area contributed by atoms with Crippen molar-refractivity contribution < 1.29 is 4.79 Å². The van der Waals surface area contributed by atoms with E-state index in [0.717, 1.165) is 30.8 Å². The number of aromatic nitrogens is 5. The van der Waals surface area contributed by atoms with Crippen LogP contribution in [0, 0.1) is 12.8 Å². The number of fused-ring (bicyclic) bond motifs is 1. The van der Waals surface area contributed by atoms with Crippen molar-refractivity contribution in [2.24, 2.45) is 5.92 Å². The first-order valence-electron chi connectivity index (χ1n) is 8.49. The first kappa shape index (κ1) is 16.2. The van der Waals surface area contributed by atoms with Crippen LogP contribution in [0.5, 0.6) is 0 Å². The van der Waals surface area contributed by atoms with Crippen LogP contribution >= 0.6 is 0 Å². The Morgan fingerprint density at radius 3 is 3.19 bits per heavy atom. The fraction of sp³-hybridized carbons (Fsp3) is 0.353. The van der Waals surface area contributed by atoms with Gasteiger partial charge in [0.25, 0.3) is 5.91 Å². The summed E-state index contributed by atoms with van der Waals surface area (Å²) in [5, 5.41) is 7.07. The van der Waals surface area contributed by atoms with Gasteiger partial charge in [-0.2, -0.15) is 10.1 Å². The Hall–Kier alpha value is -3.23. The molecule has 134 valence electrons. The van der Waals surface area contributed by atoms with Crippen molar-refractivity contribution in [3.8, 4) is 0 Å². The summed E-state index contributed by atoms with van der Waals surface area (Å²) in [7, 11) is 0. The molecule has 3 aromatic rings. The molecule has 1 saturated heterocycles. The van der Waals surface area contributed by atoms with E-state index in [0.29, 0.717) is 18.2 Å². The van der Waals surface area contributed by atoms with Gasteiger partial charge in [-0.1, -0.05) is 0 Å². The largest absolute Gasteiger partial charge is 0.354 e. The monoisotopic (exact) mass is 353 g/mol. The summed E-state index contributed by atoms with van der Waals surface area (Å²) >= 11 is 0. The summed E-state index contributed by atoms with van der Waals surface area (Å²) < 4.78 is 1.80. The Morgan fingerprint density at radius 2 is 2.35 bits per heavy atom. The van der Waals surface area contributed by atoms with Crippen LogP contribution in [-0.2, 0) is 0 Å². The lowest BCUT2D eigenvalue weighted by Gasteiger charge is -2.18. The van der Waals surface area contributed by atoms with E-state index in [2.05, 4.69) is 30.3 Å². The van der Waals surface area contributed by atoms with Crippen LogP contribution in [0.3, 0.4) is 0 Å². The van der Waals surface area contributed by atoms with Crippen molar-refractivity contribution in [2.45, 2.75) is 13.3 Å². The number of nitrogens with one attached hydrogen (secondary N) is 2. The highest BCUT2D eigenvalue weighted by Crippen LogP contribution is 2.25. The summed E-state index contributed by atoms with van der Waals surface area (Å²) in [6, 6.07) is 5.51. The normalized spacial score (nSPS) is 17.0. The van der Waals surface area contributed by atoms with E-state index < -0.39 is 5.69 Å². The van der Waals surface area contributed by atoms with Crippen LogP contribution in [-0.4, -0.2) is 50.1 Å². The van der Waals surface area contributed by atoms with Gasteiger partial charge in [0.2, 0.25) is 0 Å². The molecule has 26 heavy (non-hydrogen) atoms. The molecular formula is C17H19N7O2. The SMILES string of the molecule is Cc1cc(C(=O)NCC2CCN(c3ncnn4cccc34)C2)nc(=O)[nH]1. The van der Waals surface area contributed by atoms with Gasteiger partial charge in [0, 0.05) is 31.5 Å². The van der Waals surface area contributed by atoms with Gasteiger partial charge in [0.05, 0.1) is 0 Å². The van der Waals surface area contributed by atoms with E-state index in [-0.39, 0.29) is 11.6 Å². The zero-order valence-electron chi connectivity index (χ0n) is 14.3. The summed E-state index contributed by atoms with van der Waals surface area (Å²) in [6.07, 6.45) is 4.40. The van der Waals surface area contributed by atoms with E-state index in [1.807, 2.05) is 18.3 Å². The number of aryl methyl sites for hydroxylation is 1. The fourth-order valence-electron chi connectivity index (χ4n) is 3.31. The second kappa shape index (κ2) is 6.58. The molecule has 0 aliphatic carbocycles. The highest BCUT2D eigenvalue weighted by molar-refractivity contribution is 5.92. The van der Waals surface area contributed by atoms with E-state index in [1.54, 1.807) is 23.8 Å². The molecule has 4 rings (SSSR count). The number of nitrogens with zero attached hydrogens (tertiary/aromatic N) is 5. The minimum Gasteiger partial charge on any atom is -0.354 e. The van der Waals surface area contributed by atoms with Crippen LogP contribution in [0.15, 0.2) is 35.5 Å². The zero-order chi connectivity index (χ0) is 18.1. The standard InChI is InChI=1S/C17H19N7O2/c1-11-7-13(22-17(26)21-11)16(25)18-8-12-4-6-23(9-12)15-14-3-2-5-24(14)20-10-19-15/h2-3,5,7,10,12H,4,6,8-9H2,1H3,(H,18,25)(H,21,22,26). The lowest BCUT2D eigenvalue weighted by Crippen LogP contribution is -2.33. The second-order valence-electron chi connectivity index (χ2n) is 6.49. The molecule has 1 amide bonds. The van der Waals surface area contributed by atoms with E-state index >= 15 is 0 Å². The van der Waals surface area contributed by atoms with Crippen LogP contribution in [0.25, 0.3) is 5.52 Å². The fourth-order valence-corrected chi connectivity index (χ4v) is 3.31. The highest BCUT2D eigenvalue weighted by Gasteiger charge is 2.25. The van der Waals surface area contributed by atoms with E-state index in [4.69, 9.17) is 0 Å². The van der Waals surface area contributed by atoms with Gasteiger partial charge in [0.15, 0.2) is 5.82 Å². The number of carbonyl (C=O) groups is 1. The predicted molar refractivity (Wildman–Crippen MR) is 95.2 cm³/mol. The smallest absolute Gasteiger partial charge is 0.345 e. The molecule has 2 N–H and O–H groups in total. The van der Waals surface area contributed by atoms with Crippen LogP contribution in [0.2, 0.25) is 0 Å². The Kier molecular flexibility index (Phi) is 4.11. The van der Waals surface area contributed by atoms with Crippen LogP contribution < -0.4 is 15.9 Å². The van der Waals surface area contributed by atoms with Crippen molar-refractivity contribution in [3.63, 3.8) is 0 Å². The molecule has 4 heterocycles. The van der Waals surface area contributed by atoms with Crippen LogP contribution in [0.1, 0.15) is 22.6 Å². The number of H-pyrrole nitrogens is 1. The first-order chi connectivity index (χ1) is 12.6. The zero-order valence-corrected chi connectivity index (χ0v) is 14.3. The Labute approximate surface area is 149 Å². The average molecular weight is 353 g/mol. The molecule has 1 aliphatic heterocycles. The number of aromatic amines is 1. The van der Waals surface area contributed by atoms with Gasteiger partial charge in [0.1, 0.15) is 17.5 Å². The number of amides is 1. The van der Waals surface area contributed by atoms with Crippen molar-refractivity contribution in [1.82, 2.24) is 29.9 Å². The molecule has 0 aromatic carbocycles. The number of carbonyl (C=O) groups excluding carboxylic acids is 1. The van der Waals surface area contributed by atoms with E-state index in [9.17, 15) is 9.59 Å². The second-order valence-corrected chi connectivity index (χ2v) is 6.49. The maximum Gasteiger partial charge on any atom is 0.345 e. The summed E-state index contributed by atoms with van der Waals surface area (Å²) in [6.45, 7) is 3.94. The first-order valence-corrected chi connectivity index (χ1v) is 8.49. The third kappa shape index (κ3) is 3.15. The third-order valence-electron chi connectivity index (χ3n) is 4.56. The quantitative estimate of drug-likeness (QED) is 0.702. The number of rotatable bonds is 4. The molecule has 1 unspecified atom stereocenters. The number of hydrogen-bond acceptors (Lipinski definition) is 6. The van der Waals surface area contributed by atoms with Gasteiger partial charge in [-0.05, 0) is 37.5 Å². The summed E-state index contributed by atoms with van der Waals surface area (Å²) in [4.78, 5) is 36.5. The van der Waals surface area contributed by atoms with Crippen LogP contribution in [0.4, 0.5) is 5.82 Å². The topological polar surface area (TPSA) is 108 Å². The lowest BCUT2D eigenvalue weighted by molar-refractivity contribution is 0.0942.